The van der Waals surface area contributed by atoms with Gasteiger partial charge in [0.15, 0.2) is 0 Å². The second-order valence-electron chi connectivity index (χ2n) is 7.92. The molecule has 0 aliphatic carbocycles. The number of amides is 1. The van der Waals surface area contributed by atoms with Crippen LogP contribution in [0.2, 0.25) is 0 Å². The van der Waals surface area contributed by atoms with E-state index < -0.39 is 12.3 Å². The van der Waals surface area contributed by atoms with Crippen LogP contribution in [0.25, 0.3) is 11.1 Å². The van der Waals surface area contributed by atoms with E-state index in [-0.39, 0.29) is 5.75 Å². The monoisotopic (exact) mass is 457 g/mol. The summed E-state index contributed by atoms with van der Waals surface area (Å²) in [6.45, 7) is 3.96. The first-order valence-corrected chi connectivity index (χ1v) is 10.5. The summed E-state index contributed by atoms with van der Waals surface area (Å²) in [6.07, 6.45) is 3.61. The van der Waals surface area contributed by atoms with Crippen molar-refractivity contribution in [2.24, 2.45) is 5.92 Å². The van der Waals surface area contributed by atoms with E-state index in [4.69, 9.17) is 0 Å². The van der Waals surface area contributed by atoms with Crippen LogP contribution in [0, 0.1) is 5.92 Å². The minimum absolute atomic E-state index is 0.304. The lowest BCUT2D eigenvalue weighted by Gasteiger charge is -2.32. The summed E-state index contributed by atoms with van der Waals surface area (Å²) in [5, 5.41) is 2.67. The van der Waals surface area contributed by atoms with Crippen LogP contribution in [0.1, 0.15) is 30.1 Å². The second-order valence-corrected chi connectivity index (χ2v) is 7.92. The predicted octanol–water partition coefficient (Wildman–Crippen LogP) is 4.93. The minimum atomic E-state index is -4.78. The molecule has 0 bridgehead atoms. The first kappa shape index (κ1) is 22.5. The summed E-state index contributed by atoms with van der Waals surface area (Å²) >= 11 is 0. The smallest absolute Gasteiger partial charge is 0.406 e. The number of nitrogens with one attached hydrogen (secondary N) is 1. The average Bonchev–Trinajstić information content (AvgIpc) is 2.80. The van der Waals surface area contributed by atoms with Crippen LogP contribution in [0.3, 0.4) is 0 Å². The van der Waals surface area contributed by atoms with Crippen molar-refractivity contribution < 1.29 is 22.7 Å². The number of anilines is 2. The van der Waals surface area contributed by atoms with Gasteiger partial charge in [-0.05, 0) is 49.1 Å². The largest absolute Gasteiger partial charge is 0.573 e. The Kier molecular flexibility index (Phi) is 6.43. The van der Waals surface area contributed by atoms with E-state index in [1.165, 1.54) is 24.7 Å². The summed E-state index contributed by atoms with van der Waals surface area (Å²) in [7, 11) is 0. The number of carbonyl (C=O) groups is 1. The summed E-state index contributed by atoms with van der Waals surface area (Å²) in [6, 6.07) is 6.67. The molecule has 3 aromatic rings. The number of carbonyl (C=O) groups excluding carboxylic acids is 1. The van der Waals surface area contributed by atoms with Crippen molar-refractivity contribution in [1.29, 1.82) is 0 Å². The van der Waals surface area contributed by atoms with E-state index in [0.29, 0.717) is 17.2 Å². The number of pyridine rings is 1. The number of nitrogens with zero attached hydrogens (tertiary/aromatic N) is 4. The molecule has 1 aromatic carbocycles. The maximum absolute atomic E-state index is 12.8. The van der Waals surface area contributed by atoms with Crippen LogP contribution < -0.4 is 15.0 Å². The fourth-order valence-electron chi connectivity index (χ4n) is 3.65. The minimum Gasteiger partial charge on any atom is -0.406 e. The number of halogens is 3. The van der Waals surface area contributed by atoms with Gasteiger partial charge in [0.25, 0.3) is 5.91 Å². The first-order valence-electron chi connectivity index (χ1n) is 10.5. The highest BCUT2D eigenvalue weighted by Crippen LogP contribution is 2.32. The Balaban J connectivity index is 1.57. The van der Waals surface area contributed by atoms with Gasteiger partial charge in [-0.25, -0.2) is 15.0 Å². The van der Waals surface area contributed by atoms with Crippen LogP contribution in [-0.2, 0) is 0 Å². The van der Waals surface area contributed by atoms with Crippen molar-refractivity contribution >= 4 is 17.4 Å². The maximum atomic E-state index is 12.8. The van der Waals surface area contributed by atoms with Gasteiger partial charge < -0.3 is 15.0 Å². The zero-order chi connectivity index (χ0) is 23.4. The van der Waals surface area contributed by atoms with Gasteiger partial charge >= 0.3 is 6.36 Å². The van der Waals surface area contributed by atoms with Crippen LogP contribution in [0.4, 0.5) is 24.7 Å². The molecule has 0 atom stereocenters. The van der Waals surface area contributed by atoms with Gasteiger partial charge in [-0.15, -0.1) is 13.2 Å². The van der Waals surface area contributed by atoms with Gasteiger partial charge in [0, 0.05) is 48.5 Å². The number of rotatable bonds is 5. The third-order valence-corrected chi connectivity index (χ3v) is 5.43. The number of benzene rings is 1. The highest BCUT2D eigenvalue weighted by Gasteiger charge is 2.31. The molecule has 33 heavy (non-hydrogen) atoms. The Morgan fingerprint density at radius 2 is 1.76 bits per heavy atom. The lowest BCUT2D eigenvalue weighted by atomic mass is 9.98. The molecule has 0 spiro atoms. The molecule has 3 heterocycles. The molecule has 7 nitrogen and oxygen atoms in total. The number of alkyl halides is 3. The molecular weight excluding hydrogens is 435 g/mol. The third kappa shape index (κ3) is 5.76. The molecule has 0 radical (unpaired) electrons. The standard InChI is InChI=1S/C23H22F3N5O2/c1-15-6-8-31(9-7-15)21-20(17-11-27-14-28-12-17)10-16(13-29-21)22(32)30-18-2-4-19(5-3-18)33-23(24,25)26/h2-5,10-15H,6-9H2,1H3,(H,30,32). The Bertz CT molecular complexity index is 1100. The molecule has 2 aromatic heterocycles. The number of hydrogen-bond acceptors (Lipinski definition) is 6. The topological polar surface area (TPSA) is 80.2 Å². The van der Waals surface area contributed by atoms with Gasteiger partial charge in [-0.3, -0.25) is 4.79 Å². The molecule has 1 aliphatic rings. The normalized spacial score (nSPS) is 14.7. The van der Waals surface area contributed by atoms with E-state index in [1.807, 2.05) is 0 Å². The van der Waals surface area contributed by atoms with Crippen molar-refractivity contribution in [2.75, 3.05) is 23.3 Å². The number of piperidine rings is 1. The molecule has 1 fully saturated rings. The Hall–Kier alpha value is -3.69. The van der Waals surface area contributed by atoms with Crippen molar-refractivity contribution in [3.8, 4) is 16.9 Å². The van der Waals surface area contributed by atoms with Crippen LogP contribution >= 0.6 is 0 Å². The molecular formula is C23H22F3N5O2. The SMILES string of the molecule is CC1CCN(c2ncc(C(=O)Nc3ccc(OC(F)(F)F)cc3)cc2-c2cncnc2)CC1. The molecule has 1 amide bonds. The quantitative estimate of drug-likeness (QED) is 0.586. The number of ether oxygens (including phenoxy) is 1. The molecule has 1 N–H and O–H groups in total. The van der Waals surface area contributed by atoms with E-state index in [1.54, 1.807) is 18.5 Å². The predicted molar refractivity (Wildman–Crippen MR) is 117 cm³/mol. The average molecular weight is 457 g/mol. The van der Waals surface area contributed by atoms with Gasteiger partial charge in [-0.1, -0.05) is 6.92 Å². The van der Waals surface area contributed by atoms with Gasteiger partial charge in [0.2, 0.25) is 0 Å². The van der Waals surface area contributed by atoms with Crippen molar-refractivity contribution in [3.63, 3.8) is 0 Å². The zero-order valence-electron chi connectivity index (χ0n) is 17.8. The van der Waals surface area contributed by atoms with Crippen LogP contribution in [0.5, 0.6) is 5.75 Å². The molecule has 0 unspecified atom stereocenters. The van der Waals surface area contributed by atoms with E-state index in [0.717, 1.165) is 55.0 Å². The molecule has 172 valence electrons. The molecule has 0 saturated carbocycles. The highest BCUT2D eigenvalue weighted by atomic mass is 19.4. The Morgan fingerprint density at radius 3 is 2.39 bits per heavy atom. The van der Waals surface area contributed by atoms with Crippen LogP contribution in [0.15, 0.2) is 55.2 Å². The lowest BCUT2D eigenvalue weighted by Crippen LogP contribution is -2.34. The summed E-state index contributed by atoms with van der Waals surface area (Å²) in [5.41, 5.74) is 2.11. The van der Waals surface area contributed by atoms with Crippen molar-refractivity contribution in [2.45, 2.75) is 26.1 Å². The fraction of sp³-hybridized carbons (Fsp3) is 0.304. The molecule has 10 heteroatoms. The lowest BCUT2D eigenvalue weighted by molar-refractivity contribution is -0.274. The van der Waals surface area contributed by atoms with E-state index >= 15 is 0 Å². The maximum Gasteiger partial charge on any atom is 0.573 e. The van der Waals surface area contributed by atoms with Gasteiger partial charge in [-0.2, -0.15) is 0 Å². The van der Waals surface area contributed by atoms with Gasteiger partial charge in [0.05, 0.1) is 5.56 Å². The summed E-state index contributed by atoms with van der Waals surface area (Å²) < 4.78 is 40.8. The highest BCUT2D eigenvalue weighted by molar-refractivity contribution is 6.05. The Labute approximate surface area is 188 Å². The fourth-order valence-corrected chi connectivity index (χ4v) is 3.65. The summed E-state index contributed by atoms with van der Waals surface area (Å²) in [4.78, 5) is 27.8. The second kappa shape index (κ2) is 9.43. The number of aromatic nitrogens is 3. The number of hydrogen-bond donors (Lipinski definition) is 1. The summed E-state index contributed by atoms with van der Waals surface area (Å²) in [5.74, 6) is 0.613. The van der Waals surface area contributed by atoms with E-state index in [2.05, 4.69) is 36.8 Å². The Morgan fingerprint density at radius 1 is 1.09 bits per heavy atom. The first-order chi connectivity index (χ1) is 15.8. The van der Waals surface area contributed by atoms with Crippen molar-refractivity contribution in [3.05, 3.63) is 60.8 Å². The van der Waals surface area contributed by atoms with Crippen LogP contribution in [-0.4, -0.2) is 40.3 Å². The molecule has 1 aliphatic heterocycles. The van der Waals surface area contributed by atoms with Crippen molar-refractivity contribution in [1.82, 2.24) is 15.0 Å². The van der Waals surface area contributed by atoms with Gasteiger partial charge in [0.1, 0.15) is 17.9 Å². The van der Waals surface area contributed by atoms with E-state index in [9.17, 15) is 18.0 Å². The molecule has 4 rings (SSSR count). The zero-order valence-corrected chi connectivity index (χ0v) is 17.8. The third-order valence-electron chi connectivity index (χ3n) is 5.43. The molecule has 1 saturated heterocycles.